The van der Waals surface area contributed by atoms with Gasteiger partial charge in [-0.2, -0.15) is 0 Å². The lowest BCUT2D eigenvalue weighted by Gasteiger charge is -2.26. The molecular weight excluding hydrogens is 354 g/mol. The number of carbonyl (C=O) groups is 2. The number of furan rings is 1. The molecule has 2 heterocycles. The number of hydrogen-bond donors (Lipinski definition) is 0. The normalized spacial score (nSPS) is 19.0. The summed E-state index contributed by atoms with van der Waals surface area (Å²) in [6.45, 7) is 3.16. The standard InChI is InChI=1S/C15H20BrNO5/c1-10(15(19)20-2)8-17(9-11-4-3-7-21-11)14(18)12-5-6-13(16)22-12/h5-6,10-11H,3-4,7-9H2,1-2H3. The molecule has 2 unspecified atom stereocenters. The molecule has 122 valence electrons. The van der Waals surface area contributed by atoms with Crippen LogP contribution >= 0.6 is 15.9 Å². The zero-order chi connectivity index (χ0) is 16.1. The minimum absolute atomic E-state index is 0.00667. The summed E-state index contributed by atoms with van der Waals surface area (Å²) in [5.41, 5.74) is 0. The molecule has 0 N–H and O–H groups in total. The number of nitrogens with zero attached hydrogens (tertiary/aromatic N) is 1. The average molecular weight is 374 g/mol. The van der Waals surface area contributed by atoms with E-state index < -0.39 is 5.92 Å². The van der Waals surface area contributed by atoms with Gasteiger partial charge in [0.15, 0.2) is 10.4 Å². The Labute approximate surface area is 137 Å². The van der Waals surface area contributed by atoms with E-state index in [0.29, 0.717) is 17.8 Å². The van der Waals surface area contributed by atoms with E-state index in [4.69, 9.17) is 13.9 Å². The number of rotatable bonds is 6. The van der Waals surface area contributed by atoms with E-state index in [-0.39, 0.29) is 30.3 Å². The number of amides is 1. The lowest BCUT2D eigenvalue weighted by atomic mass is 10.1. The van der Waals surface area contributed by atoms with Crippen molar-refractivity contribution >= 4 is 27.8 Å². The molecule has 0 radical (unpaired) electrons. The Morgan fingerprint density at radius 1 is 1.50 bits per heavy atom. The molecule has 22 heavy (non-hydrogen) atoms. The Balaban J connectivity index is 2.09. The van der Waals surface area contributed by atoms with Crippen LogP contribution in [0.2, 0.25) is 0 Å². The highest BCUT2D eigenvalue weighted by molar-refractivity contribution is 9.10. The second-order valence-electron chi connectivity index (χ2n) is 5.37. The van der Waals surface area contributed by atoms with Gasteiger partial charge in [0, 0.05) is 19.7 Å². The van der Waals surface area contributed by atoms with E-state index in [1.165, 1.54) is 7.11 Å². The molecule has 2 rings (SSSR count). The number of hydrogen-bond acceptors (Lipinski definition) is 5. The Hall–Kier alpha value is -1.34. The minimum atomic E-state index is -0.409. The second-order valence-corrected chi connectivity index (χ2v) is 6.15. The molecule has 1 aliphatic heterocycles. The van der Waals surface area contributed by atoms with Crippen molar-refractivity contribution in [1.82, 2.24) is 4.90 Å². The van der Waals surface area contributed by atoms with Crippen LogP contribution in [0.3, 0.4) is 0 Å². The first-order chi connectivity index (χ1) is 10.5. The van der Waals surface area contributed by atoms with E-state index in [0.717, 1.165) is 12.8 Å². The number of methoxy groups -OCH3 is 1. The quantitative estimate of drug-likeness (QED) is 0.716. The largest absolute Gasteiger partial charge is 0.469 e. The van der Waals surface area contributed by atoms with Gasteiger partial charge in [-0.25, -0.2) is 0 Å². The third-order valence-corrected chi connectivity index (χ3v) is 4.04. The Bertz CT molecular complexity index is 524. The molecule has 1 amide bonds. The number of carbonyl (C=O) groups excluding carboxylic acids is 2. The highest BCUT2D eigenvalue weighted by Gasteiger charge is 2.28. The molecule has 1 aromatic heterocycles. The number of halogens is 1. The van der Waals surface area contributed by atoms with E-state index in [9.17, 15) is 9.59 Å². The average Bonchev–Trinajstić information content (AvgIpc) is 3.16. The molecule has 1 aliphatic rings. The highest BCUT2D eigenvalue weighted by atomic mass is 79.9. The van der Waals surface area contributed by atoms with E-state index >= 15 is 0 Å². The molecule has 0 spiro atoms. The van der Waals surface area contributed by atoms with Gasteiger partial charge >= 0.3 is 5.97 Å². The van der Waals surface area contributed by atoms with Crippen LogP contribution in [0.25, 0.3) is 0 Å². The third kappa shape index (κ3) is 4.33. The van der Waals surface area contributed by atoms with Crippen LogP contribution in [0.15, 0.2) is 21.2 Å². The van der Waals surface area contributed by atoms with Gasteiger partial charge in [-0.05, 0) is 40.9 Å². The Morgan fingerprint density at radius 2 is 2.27 bits per heavy atom. The van der Waals surface area contributed by atoms with Gasteiger partial charge in [0.1, 0.15) is 0 Å². The molecule has 7 heteroatoms. The lowest BCUT2D eigenvalue weighted by Crippen LogP contribution is -2.41. The molecular formula is C15H20BrNO5. The van der Waals surface area contributed by atoms with Crippen molar-refractivity contribution < 1.29 is 23.5 Å². The van der Waals surface area contributed by atoms with Crippen molar-refractivity contribution in [1.29, 1.82) is 0 Å². The van der Waals surface area contributed by atoms with Crippen molar-refractivity contribution in [2.45, 2.75) is 25.9 Å². The van der Waals surface area contributed by atoms with Crippen LogP contribution in [0.4, 0.5) is 0 Å². The second kappa shape index (κ2) is 7.78. The van der Waals surface area contributed by atoms with Gasteiger partial charge in [-0.15, -0.1) is 0 Å². The van der Waals surface area contributed by atoms with E-state index in [1.54, 1.807) is 24.0 Å². The molecule has 0 aromatic carbocycles. The van der Waals surface area contributed by atoms with Crippen LogP contribution < -0.4 is 0 Å². The monoisotopic (exact) mass is 373 g/mol. The fraction of sp³-hybridized carbons (Fsp3) is 0.600. The Morgan fingerprint density at radius 3 is 2.82 bits per heavy atom. The fourth-order valence-electron chi connectivity index (χ4n) is 2.47. The predicted molar refractivity (Wildman–Crippen MR) is 82.5 cm³/mol. The van der Waals surface area contributed by atoms with Crippen molar-refractivity contribution in [2.24, 2.45) is 5.92 Å². The smallest absolute Gasteiger partial charge is 0.310 e. The third-order valence-electron chi connectivity index (χ3n) is 3.62. The van der Waals surface area contributed by atoms with Crippen molar-refractivity contribution in [3.8, 4) is 0 Å². The molecule has 0 bridgehead atoms. The summed E-state index contributed by atoms with van der Waals surface area (Å²) < 4.78 is 16.1. The van der Waals surface area contributed by atoms with Gasteiger partial charge in [-0.3, -0.25) is 9.59 Å². The van der Waals surface area contributed by atoms with Gasteiger partial charge in [0.25, 0.3) is 5.91 Å². The van der Waals surface area contributed by atoms with E-state index in [1.807, 2.05) is 0 Å². The van der Waals surface area contributed by atoms with Crippen LogP contribution in [0.1, 0.15) is 30.3 Å². The summed E-state index contributed by atoms with van der Waals surface area (Å²) in [6.07, 6.45) is 1.91. The Kier molecular flexibility index (Phi) is 6.02. The first kappa shape index (κ1) is 17.0. The van der Waals surface area contributed by atoms with Crippen LogP contribution in [0, 0.1) is 5.92 Å². The number of esters is 1. The molecule has 2 atom stereocenters. The zero-order valence-corrected chi connectivity index (χ0v) is 14.3. The highest BCUT2D eigenvalue weighted by Crippen LogP contribution is 2.19. The maximum atomic E-state index is 12.6. The molecule has 0 saturated carbocycles. The van der Waals surface area contributed by atoms with Gasteiger partial charge < -0.3 is 18.8 Å². The van der Waals surface area contributed by atoms with Crippen LogP contribution in [-0.2, 0) is 14.3 Å². The maximum absolute atomic E-state index is 12.6. The summed E-state index contributed by atoms with van der Waals surface area (Å²) in [5.74, 6) is -0.765. The molecule has 0 aliphatic carbocycles. The maximum Gasteiger partial charge on any atom is 0.310 e. The van der Waals surface area contributed by atoms with E-state index in [2.05, 4.69) is 15.9 Å². The fourth-order valence-corrected chi connectivity index (χ4v) is 2.77. The molecule has 1 aromatic rings. The van der Waals surface area contributed by atoms with Crippen molar-refractivity contribution in [2.75, 3.05) is 26.8 Å². The summed E-state index contributed by atoms with van der Waals surface area (Å²) >= 11 is 3.19. The SMILES string of the molecule is COC(=O)C(C)CN(CC1CCCO1)C(=O)c1ccc(Br)o1. The molecule has 6 nitrogen and oxygen atoms in total. The topological polar surface area (TPSA) is 69.0 Å². The first-order valence-electron chi connectivity index (χ1n) is 7.25. The molecule has 1 fully saturated rings. The lowest BCUT2D eigenvalue weighted by molar-refractivity contribution is -0.145. The van der Waals surface area contributed by atoms with Gasteiger partial charge in [-0.1, -0.05) is 6.92 Å². The summed E-state index contributed by atoms with van der Waals surface area (Å²) in [6, 6.07) is 3.28. The summed E-state index contributed by atoms with van der Waals surface area (Å²) in [7, 11) is 1.34. The van der Waals surface area contributed by atoms with Crippen LogP contribution in [-0.4, -0.2) is 49.7 Å². The minimum Gasteiger partial charge on any atom is -0.469 e. The van der Waals surface area contributed by atoms with Gasteiger partial charge in [0.05, 0.1) is 19.1 Å². The van der Waals surface area contributed by atoms with Crippen molar-refractivity contribution in [3.05, 3.63) is 22.6 Å². The predicted octanol–water partition coefficient (Wildman–Crippen LogP) is 2.47. The first-order valence-corrected chi connectivity index (χ1v) is 8.04. The van der Waals surface area contributed by atoms with Crippen molar-refractivity contribution in [3.63, 3.8) is 0 Å². The molecule has 1 saturated heterocycles. The summed E-state index contributed by atoms with van der Waals surface area (Å²) in [4.78, 5) is 25.8. The summed E-state index contributed by atoms with van der Waals surface area (Å²) in [5, 5.41) is 0. The zero-order valence-electron chi connectivity index (χ0n) is 12.7. The number of ether oxygens (including phenoxy) is 2. The van der Waals surface area contributed by atoms with Gasteiger partial charge in [0.2, 0.25) is 0 Å². The van der Waals surface area contributed by atoms with Crippen LogP contribution in [0.5, 0.6) is 0 Å².